The lowest BCUT2D eigenvalue weighted by atomic mass is 10.2. The van der Waals surface area contributed by atoms with E-state index >= 15 is 0 Å². The summed E-state index contributed by atoms with van der Waals surface area (Å²) in [4.78, 5) is 17.7. The highest BCUT2D eigenvalue weighted by atomic mass is 32.1. The van der Waals surface area contributed by atoms with Crippen LogP contribution >= 0.6 is 11.3 Å². The molecule has 1 N–H and O–H groups in total. The Morgan fingerprint density at radius 1 is 1.45 bits per heavy atom. The number of hydrogen-bond donors (Lipinski definition) is 1. The number of aromatic carboxylic acids is 1. The van der Waals surface area contributed by atoms with Gasteiger partial charge in [0.2, 0.25) is 0 Å². The van der Waals surface area contributed by atoms with Crippen LogP contribution in [0.4, 0.5) is 10.8 Å². The molecule has 0 unspecified atom stereocenters. The van der Waals surface area contributed by atoms with E-state index in [4.69, 9.17) is 4.74 Å². The third-order valence-corrected chi connectivity index (χ3v) is 4.09. The maximum Gasteiger partial charge on any atom is 0.347 e. The maximum absolute atomic E-state index is 11.2. The van der Waals surface area contributed by atoms with Gasteiger partial charge in [0.05, 0.1) is 12.3 Å². The summed E-state index contributed by atoms with van der Waals surface area (Å²) in [5, 5.41) is 9.85. The Bertz CT molecular complexity index is 625. The van der Waals surface area contributed by atoms with Crippen LogP contribution in [0.1, 0.15) is 20.9 Å². The highest BCUT2D eigenvalue weighted by Gasteiger charge is 2.20. The van der Waals surface area contributed by atoms with Crippen molar-refractivity contribution in [2.45, 2.75) is 13.5 Å². The number of aryl methyl sites for hydroxylation is 1. The lowest BCUT2D eigenvalue weighted by molar-refractivity contribution is 0.0697. The van der Waals surface area contributed by atoms with E-state index < -0.39 is 5.97 Å². The quantitative estimate of drug-likeness (QED) is 0.917. The standard InChI is InChI=1S/C14H16N2O3S/c1-9-6-4-5-7-11(9)16(2)14-15-10(8-19-3)12(20-14)13(17)18/h4-7H,8H2,1-3H3,(H,17,18). The summed E-state index contributed by atoms with van der Waals surface area (Å²) in [5.41, 5.74) is 2.57. The molecule has 1 aromatic heterocycles. The fraction of sp³-hybridized carbons (Fsp3) is 0.286. The molecule has 0 saturated heterocycles. The van der Waals surface area contributed by atoms with Crippen molar-refractivity contribution < 1.29 is 14.6 Å². The second-order valence-corrected chi connectivity index (χ2v) is 5.33. The van der Waals surface area contributed by atoms with Gasteiger partial charge in [0.1, 0.15) is 4.88 Å². The Hall–Kier alpha value is -1.92. The molecule has 2 rings (SSSR count). The normalized spacial score (nSPS) is 10.6. The van der Waals surface area contributed by atoms with Crippen LogP contribution in [0.25, 0.3) is 0 Å². The minimum Gasteiger partial charge on any atom is -0.477 e. The van der Waals surface area contributed by atoms with E-state index in [0.717, 1.165) is 22.6 Å². The van der Waals surface area contributed by atoms with Crippen LogP contribution in [0.3, 0.4) is 0 Å². The topological polar surface area (TPSA) is 62.7 Å². The number of benzene rings is 1. The SMILES string of the molecule is COCc1nc(N(C)c2ccccc2C)sc1C(=O)O. The first-order valence-corrected chi connectivity index (χ1v) is 6.87. The van der Waals surface area contributed by atoms with Gasteiger partial charge in [-0.1, -0.05) is 29.5 Å². The molecule has 2 aromatic rings. The van der Waals surface area contributed by atoms with Crippen molar-refractivity contribution in [2.24, 2.45) is 0 Å². The van der Waals surface area contributed by atoms with Gasteiger partial charge in [0, 0.05) is 19.8 Å². The molecular formula is C14H16N2O3S. The summed E-state index contributed by atoms with van der Waals surface area (Å²) in [5.74, 6) is -0.973. The van der Waals surface area contributed by atoms with Crippen LogP contribution in [-0.2, 0) is 11.3 Å². The van der Waals surface area contributed by atoms with Gasteiger partial charge in [-0.3, -0.25) is 0 Å². The number of hydrogen-bond acceptors (Lipinski definition) is 5. The van der Waals surface area contributed by atoms with Crippen molar-refractivity contribution in [3.05, 3.63) is 40.4 Å². The summed E-state index contributed by atoms with van der Waals surface area (Å²) >= 11 is 1.15. The summed E-state index contributed by atoms with van der Waals surface area (Å²) in [7, 11) is 3.40. The molecule has 0 bridgehead atoms. The van der Waals surface area contributed by atoms with Crippen LogP contribution in [0.2, 0.25) is 0 Å². The molecule has 0 radical (unpaired) electrons. The van der Waals surface area contributed by atoms with Crippen LogP contribution in [-0.4, -0.2) is 30.2 Å². The molecule has 0 fully saturated rings. The Kier molecular flexibility index (Phi) is 4.36. The maximum atomic E-state index is 11.2. The van der Waals surface area contributed by atoms with Gasteiger partial charge in [-0.15, -0.1) is 0 Å². The summed E-state index contributed by atoms with van der Waals surface area (Å²) in [6.07, 6.45) is 0. The number of rotatable bonds is 5. The number of para-hydroxylation sites is 1. The second-order valence-electron chi connectivity index (χ2n) is 4.36. The summed E-state index contributed by atoms with van der Waals surface area (Å²) < 4.78 is 5.00. The molecular weight excluding hydrogens is 276 g/mol. The van der Waals surface area contributed by atoms with E-state index in [9.17, 15) is 9.90 Å². The van der Waals surface area contributed by atoms with Crippen LogP contribution < -0.4 is 4.90 Å². The number of aromatic nitrogens is 1. The van der Waals surface area contributed by atoms with Crippen molar-refractivity contribution in [1.82, 2.24) is 4.98 Å². The molecule has 0 spiro atoms. The monoisotopic (exact) mass is 292 g/mol. The fourth-order valence-corrected chi connectivity index (χ4v) is 2.81. The lowest BCUT2D eigenvalue weighted by Gasteiger charge is -2.18. The van der Waals surface area contributed by atoms with Crippen molar-refractivity contribution in [3.8, 4) is 0 Å². The number of ether oxygens (including phenoxy) is 1. The van der Waals surface area contributed by atoms with E-state index in [1.165, 1.54) is 7.11 Å². The van der Waals surface area contributed by atoms with Gasteiger partial charge in [-0.05, 0) is 18.6 Å². The van der Waals surface area contributed by atoms with Gasteiger partial charge in [0.15, 0.2) is 5.13 Å². The van der Waals surface area contributed by atoms with E-state index in [2.05, 4.69) is 4.98 Å². The Labute approximate surface area is 121 Å². The van der Waals surface area contributed by atoms with Crippen molar-refractivity contribution in [1.29, 1.82) is 0 Å². The van der Waals surface area contributed by atoms with Crippen molar-refractivity contribution in [2.75, 3.05) is 19.1 Å². The third kappa shape index (κ3) is 2.81. The number of anilines is 2. The van der Waals surface area contributed by atoms with E-state index in [-0.39, 0.29) is 11.5 Å². The van der Waals surface area contributed by atoms with E-state index in [1.807, 2.05) is 43.1 Å². The number of nitrogens with zero attached hydrogens (tertiary/aromatic N) is 2. The molecule has 20 heavy (non-hydrogen) atoms. The van der Waals surface area contributed by atoms with Crippen molar-refractivity contribution in [3.63, 3.8) is 0 Å². The number of methoxy groups -OCH3 is 1. The average Bonchev–Trinajstić information content (AvgIpc) is 2.83. The molecule has 5 nitrogen and oxygen atoms in total. The molecule has 0 aliphatic rings. The molecule has 0 atom stereocenters. The Balaban J connectivity index is 2.40. The molecule has 6 heteroatoms. The minimum absolute atomic E-state index is 0.194. The second kappa shape index (κ2) is 6.02. The first-order valence-electron chi connectivity index (χ1n) is 6.06. The number of carboxylic acid groups (broad SMARTS) is 1. The highest BCUT2D eigenvalue weighted by molar-refractivity contribution is 7.17. The predicted octanol–water partition coefficient (Wildman–Crippen LogP) is 3.06. The average molecular weight is 292 g/mol. The number of carboxylic acids is 1. The van der Waals surface area contributed by atoms with Gasteiger partial charge >= 0.3 is 5.97 Å². The van der Waals surface area contributed by atoms with E-state index in [1.54, 1.807) is 0 Å². The van der Waals surface area contributed by atoms with Gasteiger partial charge in [-0.2, -0.15) is 0 Å². The molecule has 106 valence electrons. The number of carbonyl (C=O) groups is 1. The van der Waals surface area contributed by atoms with Crippen molar-refractivity contribution >= 4 is 28.1 Å². The summed E-state index contributed by atoms with van der Waals surface area (Å²) in [6, 6.07) is 7.90. The smallest absolute Gasteiger partial charge is 0.347 e. The predicted molar refractivity (Wildman–Crippen MR) is 79.0 cm³/mol. The first-order chi connectivity index (χ1) is 9.54. The third-order valence-electron chi connectivity index (χ3n) is 2.93. The molecule has 0 amide bonds. The molecule has 0 aliphatic heterocycles. The Morgan fingerprint density at radius 3 is 2.75 bits per heavy atom. The Morgan fingerprint density at radius 2 is 2.15 bits per heavy atom. The zero-order valence-electron chi connectivity index (χ0n) is 11.6. The van der Waals surface area contributed by atoms with E-state index in [0.29, 0.717) is 10.8 Å². The largest absolute Gasteiger partial charge is 0.477 e. The van der Waals surface area contributed by atoms with Gasteiger partial charge in [-0.25, -0.2) is 9.78 Å². The first kappa shape index (κ1) is 14.5. The lowest BCUT2D eigenvalue weighted by Crippen LogP contribution is -2.10. The molecule has 1 aromatic carbocycles. The number of thiazole rings is 1. The highest BCUT2D eigenvalue weighted by Crippen LogP contribution is 2.32. The molecule has 1 heterocycles. The fourth-order valence-electron chi connectivity index (χ4n) is 1.93. The molecule has 0 saturated carbocycles. The zero-order chi connectivity index (χ0) is 14.7. The van der Waals surface area contributed by atoms with Crippen LogP contribution in [0, 0.1) is 6.92 Å². The van der Waals surface area contributed by atoms with Gasteiger partial charge in [0.25, 0.3) is 0 Å². The van der Waals surface area contributed by atoms with Crippen LogP contribution in [0.15, 0.2) is 24.3 Å². The van der Waals surface area contributed by atoms with Gasteiger partial charge < -0.3 is 14.7 Å². The summed E-state index contributed by atoms with van der Waals surface area (Å²) in [6.45, 7) is 2.20. The van der Waals surface area contributed by atoms with Crippen LogP contribution in [0.5, 0.6) is 0 Å². The molecule has 0 aliphatic carbocycles. The minimum atomic E-state index is -0.973. The zero-order valence-corrected chi connectivity index (χ0v) is 12.4.